The summed E-state index contributed by atoms with van der Waals surface area (Å²) < 4.78 is 11.0. The molecule has 2 heterocycles. The van der Waals surface area contributed by atoms with E-state index in [0.29, 0.717) is 30.2 Å². The zero-order valence-electron chi connectivity index (χ0n) is 10.3. The lowest BCUT2D eigenvalue weighted by atomic mass is 10.1. The Bertz CT molecular complexity index is 475. The summed E-state index contributed by atoms with van der Waals surface area (Å²) in [6.45, 7) is 2.85. The molecule has 2 aliphatic rings. The molecule has 1 amide bonds. The van der Waals surface area contributed by atoms with Gasteiger partial charge in [-0.05, 0) is 12.1 Å². The third kappa shape index (κ3) is 1.71. The van der Waals surface area contributed by atoms with E-state index < -0.39 is 0 Å². The Kier molecular flexibility index (Phi) is 2.83. The number of amides is 1. The highest BCUT2D eigenvalue weighted by atomic mass is 16.5. The van der Waals surface area contributed by atoms with Crippen LogP contribution in [0, 0.1) is 0 Å². The standard InChI is InChI=1S/C13H16N2O3/c1-17-10-3-2-4-11-12(10)13(16)15-6-5-14-7-9(15)8-18-11/h2-4,9,14H,5-8H2,1H3. The molecule has 1 N–H and O–H groups in total. The van der Waals surface area contributed by atoms with Gasteiger partial charge in [0.15, 0.2) is 0 Å². The van der Waals surface area contributed by atoms with Crippen molar-refractivity contribution in [3.05, 3.63) is 23.8 Å². The summed E-state index contributed by atoms with van der Waals surface area (Å²) in [7, 11) is 1.57. The van der Waals surface area contributed by atoms with Gasteiger partial charge in [-0.3, -0.25) is 4.79 Å². The zero-order chi connectivity index (χ0) is 12.5. The first-order chi connectivity index (χ1) is 8.81. The molecule has 96 valence electrons. The molecule has 0 spiro atoms. The summed E-state index contributed by atoms with van der Waals surface area (Å²) in [6, 6.07) is 5.56. The molecular weight excluding hydrogens is 232 g/mol. The van der Waals surface area contributed by atoms with Crippen LogP contribution in [0.25, 0.3) is 0 Å². The number of nitrogens with one attached hydrogen (secondary N) is 1. The molecule has 2 aliphatic heterocycles. The van der Waals surface area contributed by atoms with Crippen LogP contribution >= 0.6 is 0 Å². The summed E-state index contributed by atoms with van der Waals surface area (Å²) >= 11 is 0. The minimum absolute atomic E-state index is 0.00597. The maximum Gasteiger partial charge on any atom is 0.261 e. The van der Waals surface area contributed by atoms with Crippen LogP contribution < -0.4 is 14.8 Å². The molecule has 0 aromatic heterocycles. The molecule has 1 aromatic rings. The number of fused-ring (bicyclic) bond motifs is 2. The molecule has 5 nitrogen and oxygen atoms in total. The Labute approximate surface area is 106 Å². The van der Waals surface area contributed by atoms with E-state index in [0.717, 1.165) is 13.1 Å². The molecule has 1 fully saturated rings. The topological polar surface area (TPSA) is 50.8 Å². The largest absolute Gasteiger partial charge is 0.496 e. The fourth-order valence-corrected chi connectivity index (χ4v) is 2.52. The van der Waals surface area contributed by atoms with E-state index in [2.05, 4.69) is 5.32 Å². The Balaban J connectivity index is 2.05. The molecule has 1 unspecified atom stereocenters. The molecule has 5 heteroatoms. The Morgan fingerprint density at radius 1 is 1.50 bits per heavy atom. The molecule has 0 saturated carbocycles. The van der Waals surface area contributed by atoms with Crippen molar-refractivity contribution in [3.8, 4) is 11.5 Å². The van der Waals surface area contributed by atoms with Gasteiger partial charge >= 0.3 is 0 Å². The van der Waals surface area contributed by atoms with Crippen LogP contribution in [0.15, 0.2) is 18.2 Å². The van der Waals surface area contributed by atoms with Gasteiger partial charge in [0.1, 0.15) is 23.7 Å². The lowest BCUT2D eigenvalue weighted by Gasteiger charge is -2.33. The minimum Gasteiger partial charge on any atom is -0.496 e. The van der Waals surface area contributed by atoms with Crippen LogP contribution in [0.1, 0.15) is 10.4 Å². The smallest absolute Gasteiger partial charge is 0.261 e. The van der Waals surface area contributed by atoms with Gasteiger partial charge in [0, 0.05) is 19.6 Å². The first kappa shape index (κ1) is 11.3. The quantitative estimate of drug-likeness (QED) is 0.786. The van der Waals surface area contributed by atoms with Crippen molar-refractivity contribution in [1.29, 1.82) is 0 Å². The van der Waals surface area contributed by atoms with Crippen molar-refractivity contribution in [2.45, 2.75) is 6.04 Å². The maximum atomic E-state index is 12.6. The van der Waals surface area contributed by atoms with Gasteiger partial charge in [-0.25, -0.2) is 0 Å². The monoisotopic (exact) mass is 248 g/mol. The number of methoxy groups -OCH3 is 1. The molecule has 1 aromatic carbocycles. The van der Waals surface area contributed by atoms with Crippen molar-refractivity contribution in [1.82, 2.24) is 10.2 Å². The average Bonchev–Trinajstić information content (AvgIpc) is 2.57. The van der Waals surface area contributed by atoms with E-state index in [1.54, 1.807) is 13.2 Å². The SMILES string of the molecule is COc1cccc2c1C(=O)N1CCNCC1CO2. The molecule has 0 radical (unpaired) electrons. The van der Waals surface area contributed by atoms with Crippen LogP contribution in [-0.4, -0.2) is 50.2 Å². The van der Waals surface area contributed by atoms with Gasteiger partial charge in [0.05, 0.1) is 13.2 Å². The first-order valence-electron chi connectivity index (χ1n) is 6.12. The lowest BCUT2D eigenvalue weighted by Crippen LogP contribution is -2.54. The van der Waals surface area contributed by atoms with E-state index in [4.69, 9.17) is 9.47 Å². The summed E-state index contributed by atoms with van der Waals surface area (Å²) in [6.07, 6.45) is 0. The highest BCUT2D eigenvalue weighted by Crippen LogP contribution is 2.32. The minimum atomic E-state index is 0.00597. The van der Waals surface area contributed by atoms with Gasteiger partial charge in [0.25, 0.3) is 5.91 Å². The van der Waals surface area contributed by atoms with Gasteiger partial charge in [-0.1, -0.05) is 6.07 Å². The second-order valence-electron chi connectivity index (χ2n) is 4.50. The average molecular weight is 248 g/mol. The van der Waals surface area contributed by atoms with Gasteiger partial charge in [-0.2, -0.15) is 0 Å². The van der Waals surface area contributed by atoms with E-state index in [1.807, 2.05) is 17.0 Å². The normalized spacial score (nSPS) is 22.6. The highest BCUT2D eigenvalue weighted by Gasteiger charge is 2.34. The van der Waals surface area contributed by atoms with Crippen molar-refractivity contribution >= 4 is 5.91 Å². The molecule has 1 atom stereocenters. The zero-order valence-corrected chi connectivity index (χ0v) is 10.3. The number of piperazine rings is 1. The number of carbonyl (C=O) groups is 1. The van der Waals surface area contributed by atoms with Gasteiger partial charge in [0.2, 0.25) is 0 Å². The van der Waals surface area contributed by atoms with Gasteiger partial charge in [-0.15, -0.1) is 0 Å². The van der Waals surface area contributed by atoms with Crippen molar-refractivity contribution < 1.29 is 14.3 Å². The second kappa shape index (κ2) is 4.49. The third-order valence-electron chi connectivity index (χ3n) is 3.46. The number of rotatable bonds is 1. The molecular formula is C13H16N2O3. The summed E-state index contributed by atoms with van der Waals surface area (Å²) in [4.78, 5) is 14.5. The predicted octanol–water partition coefficient (Wildman–Crippen LogP) is 0.502. The number of ether oxygens (including phenoxy) is 2. The van der Waals surface area contributed by atoms with Crippen LogP contribution in [0.2, 0.25) is 0 Å². The maximum absolute atomic E-state index is 12.6. The number of hydrogen-bond donors (Lipinski definition) is 1. The third-order valence-corrected chi connectivity index (χ3v) is 3.46. The van der Waals surface area contributed by atoms with Crippen molar-refractivity contribution in [2.24, 2.45) is 0 Å². The van der Waals surface area contributed by atoms with E-state index in [1.165, 1.54) is 0 Å². The molecule has 18 heavy (non-hydrogen) atoms. The molecule has 0 bridgehead atoms. The Morgan fingerprint density at radius 3 is 3.22 bits per heavy atom. The van der Waals surface area contributed by atoms with Gasteiger partial charge < -0.3 is 19.7 Å². The number of benzene rings is 1. The van der Waals surface area contributed by atoms with E-state index in [-0.39, 0.29) is 11.9 Å². The van der Waals surface area contributed by atoms with Crippen LogP contribution in [-0.2, 0) is 0 Å². The van der Waals surface area contributed by atoms with Crippen molar-refractivity contribution in [3.63, 3.8) is 0 Å². The van der Waals surface area contributed by atoms with Crippen LogP contribution in [0.4, 0.5) is 0 Å². The molecule has 3 rings (SSSR count). The van der Waals surface area contributed by atoms with E-state index in [9.17, 15) is 4.79 Å². The highest BCUT2D eigenvalue weighted by molar-refractivity contribution is 6.00. The fraction of sp³-hybridized carbons (Fsp3) is 0.462. The fourth-order valence-electron chi connectivity index (χ4n) is 2.52. The predicted molar refractivity (Wildman–Crippen MR) is 66.2 cm³/mol. The lowest BCUT2D eigenvalue weighted by molar-refractivity contribution is 0.0604. The number of nitrogens with zero attached hydrogens (tertiary/aromatic N) is 1. The Hall–Kier alpha value is -1.75. The molecule has 1 saturated heterocycles. The molecule has 0 aliphatic carbocycles. The summed E-state index contributed by atoms with van der Waals surface area (Å²) in [5.41, 5.74) is 0.546. The number of hydrogen-bond acceptors (Lipinski definition) is 4. The summed E-state index contributed by atoms with van der Waals surface area (Å²) in [5, 5.41) is 3.28. The van der Waals surface area contributed by atoms with Crippen molar-refractivity contribution in [2.75, 3.05) is 33.4 Å². The number of carbonyl (C=O) groups excluding carboxylic acids is 1. The first-order valence-corrected chi connectivity index (χ1v) is 6.12. The van der Waals surface area contributed by atoms with E-state index >= 15 is 0 Å². The summed E-state index contributed by atoms with van der Waals surface area (Å²) in [5.74, 6) is 1.21. The Morgan fingerprint density at radius 2 is 2.39 bits per heavy atom. The van der Waals surface area contributed by atoms with Crippen LogP contribution in [0.5, 0.6) is 11.5 Å². The van der Waals surface area contributed by atoms with Crippen LogP contribution in [0.3, 0.4) is 0 Å². The second-order valence-corrected chi connectivity index (χ2v) is 4.50.